The monoisotopic (exact) mass is 437 g/mol. The van der Waals surface area contributed by atoms with Crippen LogP contribution in [0.1, 0.15) is 24.5 Å². The van der Waals surface area contributed by atoms with Gasteiger partial charge in [0.2, 0.25) is 6.79 Å². The first kappa shape index (κ1) is 20.0. The van der Waals surface area contributed by atoms with Crippen molar-refractivity contribution in [1.82, 2.24) is 10.2 Å². The van der Waals surface area contributed by atoms with E-state index in [1.54, 1.807) is 29.2 Å². The quantitative estimate of drug-likeness (QED) is 0.587. The highest BCUT2D eigenvalue weighted by Crippen LogP contribution is 2.34. The number of nitrogens with one attached hydrogen (secondary N) is 1. The van der Waals surface area contributed by atoms with Crippen molar-refractivity contribution >= 4 is 23.5 Å². The van der Waals surface area contributed by atoms with Crippen LogP contribution in [0, 0.1) is 5.82 Å². The average molecular weight is 437 g/mol. The molecular formula is C23H20FN3O5. The molecule has 0 radical (unpaired) electrons. The molecule has 0 aliphatic carbocycles. The lowest BCUT2D eigenvalue weighted by atomic mass is 9.96. The van der Waals surface area contributed by atoms with Crippen LogP contribution in [0.5, 0.6) is 11.5 Å². The van der Waals surface area contributed by atoms with Gasteiger partial charge < -0.3 is 14.4 Å². The number of anilines is 1. The molecule has 0 spiro atoms. The SMILES string of the molecule is C[C@@H]1CCc2cc(F)ccc2N1/C=C1/C(=O)NC(=O)N(Cc2ccc3c(c2)OCO3)C1=O. The molecule has 9 heteroatoms. The summed E-state index contributed by atoms with van der Waals surface area (Å²) in [6.45, 7) is 2.04. The van der Waals surface area contributed by atoms with Crippen molar-refractivity contribution in [2.24, 2.45) is 0 Å². The zero-order valence-electron chi connectivity index (χ0n) is 17.3. The molecule has 2 aromatic carbocycles. The van der Waals surface area contributed by atoms with Gasteiger partial charge in [-0.2, -0.15) is 0 Å². The second kappa shape index (κ2) is 7.67. The summed E-state index contributed by atoms with van der Waals surface area (Å²) < 4.78 is 24.3. The minimum absolute atomic E-state index is 0.0130. The molecule has 3 aliphatic heterocycles. The largest absolute Gasteiger partial charge is 0.454 e. The Kier molecular flexibility index (Phi) is 4.80. The highest BCUT2D eigenvalue weighted by Gasteiger charge is 2.37. The number of halogens is 1. The van der Waals surface area contributed by atoms with E-state index in [4.69, 9.17) is 9.47 Å². The summed E-state index contributed by atoms with van der Waals surface area (Å²) in [6, 6.07) is 8.78. The van der Waals surface area contributed by atoms with Crippen LogP contribution < -0.4 is 19.7 Å². The average Bonchev–Trinajstić information content (AvgIpc) is 3.23. The number of rotatable bonds is 3. The maximum Gasteiger partial charge on any atom is 0.331 e. The van der Waals surface area contributed by atoms with E-state index in [0.717, 1.165) is 22.6 Å². The van der Waals surface area contributed by atoms with E-state index in [0.29, 0.717) is 23.5 Å². The molecule has 1 saturated heterocycles. The second-order valence-electron chi connectivity index (χ2n) is 7.95. The van der Waals surface area contributed by atoms with Crippen LogP contribution in [0.15, 0.2) is 48.2 Å². The lowest BCUT2D eigenvalue weighted by molar-refractivity contribution is -0.130. The van der Waals surface area contributed by atoms with Crippen LogP contribution in [-0.2, 0) is 22.6 Å². The van der Waals surface area contributed by atoms with E-state index in [1.807, 2.05) is 6.92 Å². The van der Waals surface area contributed by atoms with Gasteiger partial charge in [0.05, 0.1) is 6.54 Å². The van der Waals surface area contributed by atoms with Crippen LogP contribution >= 0.6 is 0 Å². The highest BCUT2D eigenvalue weighted by molar-refractivity contribution is 6.28. The molecule has 5 rings (SSSR count). The maximum atomic E-state index is 13.7. The van der Waals surface area contributed by atoms with Crippen LogP contribution in [0.4, 0.5) is 14.9 Å². The number of imide groups is 2. The first-order chi connectivity index (χ1) is 15.4. The Morgan fingerprint density at radius 2 is 1.94 bits per heavy atom. The molecule has 0 bridgehead atoms. The maximum absolute atomic E-state index is 13.7. The number of fused-ring (bicyclic) bond motifs is 2. The van der Waals surface area contributed by atoms with Gasteiger partial charge in [0, 0.05) is 17.9 Å². The third-order valence-electron chi connectivity index (χ3n) is 5.86. The molecule has 0 saturated carbocycles. The molecule has 2 aromatic rings. The summed E-state index contributed by atoms with van der Waals surface area (Å²) >= 11 is 0. The van der Waals surface area contributed by atoms with Gasteiger partial charge in [0.15, 0.2) is 11.5 Å². The van der Waals surface area contributed by atoms with Crippen molar-refractivity contribution in [1.29, 1.82) is 0 Å². The molecule has 3 heterocycles. The first-order valence-electron chi connectivity index (χ1n) is 10.2. The molecule has 1 atom stereocenters. The number of hydrogen-bond acceptors (Lipinski definition) is 6. The molecule has 4 amide bonds. The Hall–Kier alpha value is -3.88. The third-order valence-corrected chi connectivity index (χ3v) is 5.86. The first-order valence-corrected chi connectivity index (χ1v) is 10.2. The fraction of sp³-hybridized carbons (Fsp3) is 0.261. The van der Waals surface area contributed by atoms with E-state index in [9.17, 15) is 18.8 Å². The van der Waals surface area contributed by atoms with E-state index >= 15 is 0 Å². The molecule has 0 aromatic heterocycles. The number of amides is 4. The predicted octanol–water partition coefficient (Wildman–Crippen LogP) is 2.86. The summed E-state index contributed by atoms with van der Waals surface area (Å²) in [5, 5.41) is 2.24. The predicted molar refractivity (Wildman–Crippen MR) is 111 cm³/mol. The topological polar surface area (TPSA) is 88.2 Å². The normalized spacial score (nSPS) is 21.1. The zero-order chi connectivity index (χ0) is 22.4. The Balaban J connectivity index is 1.45. The summed E-state index contributed by atoms with van der Waals surface area (Å²) in [5.74, 6) is -0.669. The van der Waals surface area contributed by atoms with E-state index in [1.165, 1.54) is 18.3 Å². The molecule has 1 N–H and O–H groups in total. The van der Waals surface area contributed by atoms with Gasteiger partial charge in [-0.05, 0) is 61.2 Å². The van der Waals surface area contributed by atoms with Crippen LogP contribution in [0.3, 0.4) is 0 Å². The van der Waals surface area contributed by atoms with Gasteiger partial charge in [-0.1, -0.05) is 6.07 Å². The summed E-state index contributed by atoms with van der Waals surface area (Å²) in [6.07, 6.45) is 2.88. The van der Waals surface area contributed by atoms with Gasteiger partial charge >= 0.3 is 6.03 Å². The fourth-order valence-electron chi connectivity index (χ4n) is 4.13. The number of ether oxygens (including phenoxy) is 2. The molecule has 32 heavy (non-hydrogen) atoms. The van der Waals surface area contributed by atoms with Crippen molar-refractivity contribution in [2.45, 2.75) is 32.4 Å². The van der Waals surface area contributed by atoms with Crippen LogP contribution in [0.2, 0.25) is 0 Å². The minimum Gasteiger partial charge on any atom is -0.454 e. The van der Waals surface area contributed by atoms with Crippen molar-refractivity contribution in [2.75, 3.05) is 11.7 Å². The fourth-order valence-corrected chi connectivity index (χ4v) is 4.13. The Morgan fingerprint density at radius 3 is 2.78 bits per heavy atom. The van der Waals surface area contributed by atoms with Crippen LogP contribution in [0.25, 0.3) is 0 Å². The van der Waals surface area contributed by atoms with Crippen LogP contribution in [-0.4, -0.2) is 35.6 Å². The third kappa shape index (κ3) is 3.45. The lowest BCUT2D eigenvalue weighted by Gasteiger charge is -2.36. The molecule has 8 nitrogen and oxygen atoms in total. The number of carbonyl (C=O) groups is 3. The number of aryl methyl sites for hydroxylation is 1. The van der Waals surface area contributed by atoms with Crippen molar-refractivity contribution < 1.29 is 28.2 Å². The second-order valence-corrected chi connectivity index (χ2v) is 7.95. The number of hydrogen-bond donors (Lipinski definition) is 1. The van der Waals surface area contributed by atoms with Crippen molar-refractivity contribution in [3.8, 4) is 11.5 Å². The van der Waals surface area contributed by atoms with Crippen molar-refractivity contribution in [3.05, 3.63) is 65.1 Å². The highest BCUT2D eigenvalue weighted by atomic mass is 19.1. The number of benzene rings is 2. The number of nitrogens with zero attached hydrogens (tertiary/aromatic N) is 2. The van der Waals surface area contributed by atoms with Gasteiger partial charge in [-0.25, -0.2) is 9.18 Å². The zero-order valence-corrected chi connectivity index (χ0v) is 17.3. The summed E-state index contributed by atoms with van der Waals surface area (Å²) in [4.78, 5) is 40.9. The van der Waals surface area contributed by atoms with Gasteiger partial charge in [0.1, 0.15) is 11.4 Å². The number of urea groups is 1. The summed E-state index contributed by atoms with van der Waals surface area (Å²) in [7, 11) is 0. The number of barbiturate groups is 1. The smallest absolute Gasteiger partial charge is 0.331 e. The molecule has 3 aliphatic rings. The van der Waals surface area contributed by atoms with Gasteiger partial charge in [-0.3, -0.25) is 19.8 Å². The minimum atomic E-state index is -0.788. The van der Waals surface area contributed by atoms with Gasteiger partial charge in [0.25, 0.3) is 11.8 Å². The molecular weight excluding hydrogens is 417 g/mol. The molecule has 164 valence electrons. The summed E-state index contributed by atoms with van der Waals surface area (Å²) in [5.41, 5.74) is 2.03. The standard InChI is InChI=1S/C23H20FN3O5/c1-13-2-4-15-9-16(24)5-6-18(15)26(13)11-17-21(28)25-23(30)27(22(17)29)10-14-3-7-19-20(8-14)32-12-31-19/h3,5-9,11,13H,2,4,10,12H2,1H3,(H,25,28,30)/b17-11-/t13-/m1/s1. The van der Waals surface area contributed by atoms with Gasteiger partial charge in [-0.15, -0.1) is 0 Å². The van der Waals surface area contributed by atoms with Crippen molar-refractivity contribution in [3.63, 3.8) is 0 Å². The molecule has 1 fully saturated rings. The Labute approximate surface area is 183 Å². The van der Waals surface area contributed by atoms with E-state index in [-0.39, 0.29) is 30.8 Å². The molecule has 0 unspecified atom stereocenters. The van der Waals surface area contributed by atoms with E-state index in [2.05, 4.69) is 5.32 Å². The lowest BCUT2D eigenvalue weighted by Crippen LogP contribution is -2.54. The van der Waals surface area contributed by atoms with E-state index < -0.39 is 17.8 Å². The Bertz CT molecular complexity index is 1180. The Morgan fingerprint density at radius 1 is 1.12 bits per heavy atom. The number of carbonyl (C=O) groups excluding carboxylic acids is 3.